The van der Waals surface area contributed by atoms with Crippen LogP contribution >= 0.6 is 0 Å². The Morgan fingerprint density at radius 2 is 2.31 bits per heavy atom. The average Bonchev–Trinajstić information content (AvgIpc) is 2.45. The van der Waals surface area contributed by atoms with Crippen molar-refractivity contribution in [1.29, 1.82) is 0 Å². The first-order valence-corrected chi connectivity index (χ1v) is 4.77. The van der Waals surface area contributed by atoms with E-state index in [0.717, 1.165) is 18.0 Å². The number of hydrogen-bond donors (Lipinski definition) is 0. The predicted molar refractivity (Wildman–Crippen MR) is 54.3 cm³/mol. The third kappa shape index (κ3) is 3.92. The molecule has 0 spiro atoms. The second-order valence-corrected chi connectivity index (χ2v) is 3.70. The van der Waals surface area contributed by atoms with E-state index < -0.39 is 0 Å². The highest BCUT2D eigenvalue weighted by atomic mass is 16.3. The summed E-state index contributed by atoms with van der Waals surface area (Å²) in [5.74, 6) is 1.47. The lowest BCUT2D eigenvalue weighted by Crippen LogP contribution is -1.83. The van der Waals surface area contributed by atoms with E-state index in [1.807, 2.05) is 13.0 Å². The molecule has 0 aliphatic carbocycles. The Balaban J connectivity index is 2.32. The molecule has 0 N–H and O–H groups in total. The van der Waals surface area contributed by atoms with Gasteiger partial charge in [0.15, 0.2) is 0 Å². The van der Waals surface area contributed by atoms with Crippen LogP contribution in [0.25, 0.3) is 6.08 Å². The molecule has 1 aromatic heterocycles. The maximum atomic E-state index is 5.17. The minimum Gasteiger partial charge on any atom is -0.445 e. The zero-order valence-corrected chi connectivity index (χ0v) is 8.58. The van der Waals surface area contributed by atoms with Crippen molar-refractivity contribution in [3.05, 3.63) is 23.9 Å². The Bertz CT molecular complexity index is 273. The van der Waals surface area contributed by atoms with Gasteiger partial charge in [0.1, 0.15) is 6.26 Å². The molecular formula is C11H17NO. The molecular weight excluding hydrogens is 162 g/mol. The Morgan fingerprint density at radius 3 is 2.85 bits per heavy atom. The number of allylic oxidation sites excluding steroid dienone is 1. The number of oxazole rings is 1. The Kier molecular flexibility index (Phi) is 3.74. The summed E-state index contributed by atoms with van der Waals surface area (Å²) in [6.07, 6.45) is 8.04. The van der Waals surface area contributed by atoms with Crippen molar-refractivity contribution in [2.24, 2.45) is 5.92 Å². The molecule has 1 heterocycles. The zero-order chi connectivity index (χ0) is 9.68. The summed E-state index contributed by atoms with van der Waals surface area (Å²) in [7, 11) is 0. The van der Waals surface area contributed by atoms with Gasteiger partial charge in [0.2, 0.25) is 5.89 Å². The fourth-order valence-electron chi connectivity index (χ4n) is 1.06. The Hall–Kier alpha value is -1.05. The molecule has 0 aromatic carbocycles. The summed E-state index contributed by atoms with van der Waals surface area (Å²) in [6, 6.07) is 0. The van der Waals surface area contributed by atoms with Crippen molar-refractivity contribution in [2.45, 2.75) is 33.6 Å². The van der Waals surface area contributed by atoms with E-state index in [-0.39, 0.29) is 0 Å². The van der Waals surface area contributed by atoms with Crippen molar-refractivity contribution >= 4 is 6.08 Å². The van der Waals surface area contributed by atoms with Crippen molar-refractivity contribution in [3.8, 4) is 0 Å². The van der Waals surface area contributed by atoms with Gasteiger partial charge in [-0.05, 0) is 31.8 Å². The fourth-order valence-corrected chi connectivity index (χ4v) is 1.06. The van der Waals surface area contributed by atoms with Gasteiger partial charge >= 0.3 is 0 Å². The molecule has 0 aliphatic heterocycles. The summed E-state index contributed by atoms with van der Waals surface area (Å²) in [5.41, 5.74) is 0.934. The molecule has 0 saturated heterocycles. The van der Waals surface area contributed by atoms with Gasteiger partial charge in [-0.15, -0.1) is 0 Å². The molecule has 0 radical (unpaired) electrons. The fraction of sp³-hybridized carbons (Fsp3) is 0.545. The van der Waals surface area contributed by atoms with Gasteiger partial charge < -0.3 is 4.42 Å². The molecule has 2 nitrogen and oxygen atoms in total. The van der Waals surface area contributed by atoms with E-state index in [1.54, 1.807) is 6.26 Å². The van der Waals surface area contributed by atoms with Crippen molar-refractivity contribution in [2.75, 3.05) is 0 Å². The molecule has 1 rings (SSSR count). The van der Waals surface area contributed by atoms with Crippen molar-refractivity contribution < 1.29 is 4.42 Å². The molecule has 0 saturated carbocycles. The maximum Gasteiger partial charge on any atom is 0.218 e. The lowest BCUT2D eigenvalue weighted by Gasteiger charge is -1.97. The van der Waals surface area contributed by atoms with E-state index in [9.17, 15) is 0 Å². The summed E-state index contributed by atoms with van der Waals surface area (Å²) in [4.78, 5) is 4.17. The van der Waals surface area contributed by atoms with Crippen LogP contribution in [0.2, 0.25) is 0 Å². The predicted octanol–water partition coefficient (Wildman–Crippen LogP) is 3.43. The van der Waals surface area contributed by atoms with Crippen LogP contribution in [0.1, 0.15) is 38.3 Å². The standard InChI is InChI=1S/C11H17NO/c1-9(2)6-4-5-7-11-12-10(3)8-13-11/h5,7-9H,4,6H2,1-3H3/b7-5+. The van der Waals surface area contributed by atoms with Crippen LogP contribution in [0.4, 0.5) is 0 Å². The largest absolute Gasteiger partial charge is 0.445 e. The highest BCUT2D eigenvalue weighted by Crippen LogP contribution is 2.07. The van der Waals surface area contributed by atoms with Crippen LogP contribution in [0.3, 0.4) is 0 Å². The van der Waals surface area contributed by atoms with Crippen LogP contribution < -0.4 is 0 Å². The van der Waals surface area contributed by atoms with E-state index >= 15 is 0 Å². The second-order valence-electron chi connectivity index (χ2n) is 3.70. The number of nitrogens with zero attached hydrogens (tertiary/aromatic N) is 1. The lowest BCUT2D eigenvalue weighted by molar-refractivity contribution is 0.545. The molecule has 0 aliphatic rings. The van der Waals surface area contributed by atoms with Crippen LogP contribution in [-0.2, 0) is 0 Å². The molecule has 13 heavy (non-hydrogen) atoms. The summed E-state index contributed by atoms with van der Waals surface area (Å²) < 4.78 is 5.17. The Labute approximate surface area is 79.7 Å². The Morgan fingerprint density at radius 1 is 1.54 bits per heavy atom. The molecule has 2 heteroatoms. The van der Waals surface area contributed by atoms with Crippen molar-refractivity contribution in [3.63, 3.8) is 0 Å². The van der Waals surface area contributed by atoms with Gasteiger partial charge in [0, 0.05) is 0 Å². The summed E-state index contributed by atoms with van der Waals surface area (Å²) in [6.45, 7) is 6.38. The lowest BCUT2D eigenvalue weighted by atomic mass is 10.1. The van der Waals surface area contributed by atoms with Crippen LogP contribution in [-0.4, -0.2) is 4.98 Å². The SMILES string of the molecule is Cc1coc(/C=C/CCC(C)C)n1. The van der Waals surface area contributed by atoms with Gasteiger partial charge in [-0.1, -0.05) is 19.9 Å². The first-order valence-electron chi connectivity index (χ1n) is 4.77. The monoisotopic (exact) mass is 179 g/mol. The molecule has 1 aromatic rings. The highest BCUT2D eigenvalue weighted by molar-refractivity contribution is 5.37. The minimum absolute atomic E-state index is 0.709. The smallest absolute Gasteiger partial charge is 0.218 e. The number of aromatic nitrogens is 1. The van der Waals surface area contributed by atoms with Gasteiger partial charge in [-0.25, -0.2) is 4.98 Å². The van der Waals surface area contributed by atoms with E-state index in [1.165, 1.54) is 6.42 Å². The van der Waals surface area contributed by atoms with Gasteiger partial charge in [0.05, 0.1) is 5.69 Å². The highest BCUT2D eigenvalue weighted by Gasteiger charge is 1.94. The van der Waals surface area contributed by atoms with Crippen LogP contribution in [0.15, 0.2) is 16.8 Å². The second kappa shape index (κ2) is 4.85. The number of rotatable bonds is 4. The molecule has 0 amide bonds. The van der Waals surface area contributed by atoms with Crippen LogP contribution in [0.5, 0.6) is 0 Å². The van der Waals surface area contributed by atoms with Crippen molar-refractivity contribution in [1.82, 2.24) is 4.98 Å². The summed E-state index contributed by atoms with van der Waals surface area (Å²) >= 11 is 0. The quantitative estimate of drug-likeness (QED) is 0.707. The van der Waals surface area contributed by atoms with Gasteiger partial charge in [-0.3, -0.25) is 0 Å². The van der Waals surface area contributed by atoms with Crippen LogP contribution in [0, 0.1) is 12.8 Å². The first-order chi connectivity index (χ1) is 6.18. The van der Waals surface area contributed by atoms with Gasteiger partial charge in [0.25, 0.3) is 0 Å². The molecule has 0 atom stereocenters. The molecule has 72 valence electrons. The molecule has 0 unspecified atom stereocenters. The topological polar surface area (TPSA) is 26.0 Å². The average molecular weight is 179 g/mol. The molecule has 0 fully saturated rings. The third-order valence-electron chi connectivity index (χ3n) is 1.81. The number of aryl methyl sites for hydroxylation is 1. The third-order valence-corrected chi connectivity index (χ3v) is 1.81. The van der Waals surface area contributed by atoms with E-state index in [4.69, 9.17) is 4.42 Å². The van der Waals surface area contributed by atoms with E-state index in [0.29, 0.717) is 5.89 Å². The zero-order valence-electron chi connectivity index (χ0n) is 8.58. The normalized spacial score (nSPS) is 11.7. The first kappa shape index (κ1) is 10.0. The maximum absolute atomic E-state index is 5.17. The summed E-state index contributed by atoms with van der Waals surface area (Å²) in [5, 5.41) is 0. The molecule has 0 bridgehead atoms. The number of hydrogen-bond acceptors (Lipinski definition) is 2. The minimum atomic E-state index is 0.709. The van der Waals surface area contributed by atoms with E-state index in [2.05, 4.69) is 24.9 Å². The van der Waals surface area contributed by atoms with Gasteiger partial charge in [-0.2, -0.15) is 0 Å².